The van der Waals surface area contributed by atoms with E-state index >= 15 is 0 Å². The molecule has 2 aromatic carbocycles. The zero-order chi connectivity index (χ0) is 21.5. The predicted molar refractivity (Wildman–Crippen MR) is 116 cm³/mol. The fraction of sp³-hybridized carbons (Fsp3) is 0.238. The van der Waals surface area contributed by atoms with E-state index in [1.165, 1.54) is 0 Å². The Hall–Kier alpha value is -3.41. The van der Waals surface area contributed by atoms with Crippen LogP contribution in [0, 0.1) is 11.3 Å². The standard InChI is InChI=1S/C21H21ClN6O2/c1-30-16-8-6-14(7-9-16)11-25-21(29)27-18(10-23)19-20(24)28(13-26-19)12-15-4-2-3-5-17(15)22/h2-9,13,19-20H,11-12,24H2,1H3,(H,25,29). The molecular weight excluding hydrogens is 404 g/mol. The minimum Gasteiger partial charge on any atom is -0.497 e. The molecule has 0 saturated heterocycles. The summed E-state index contributed by atoms with van der Waals surface area (Å²) in [5.74, 6) is 0.726. The maximum absolute atomic E-state index is 12.2. The second-order valence-corrected chi connectivity index (χ2v) is 6.99. The Bertz CT molecular complexity index is 999. The molecule has 1 heterocycles. The van der Waals surface area contributed by atoms with Gasteiger partial charge in [0.2, 0.25) is 0 Å². The quantitative estimate of drug-likeness (QED) is 0.691. The largest absolute Gasteiger partial charge is 0.497 e. The highest BCUT2D eigenvalue weighted by atomic mass is 35.5. The van der Waals surface area contributed by atoms with E-state index in [0.717, 1.165) is 16.9 Å². The summed E-state index contributed by atoms with van der Waals surface area (Å²) in [6, 6.07) is 15.2. The number of hydrogen-bond donors (Lipinski definition) is 2. The number of nitrogens with one attached hydrogen (secondary N) is 1. The maximum atomic E-state index is 12.2. The molecule has 0 aromatic heterocycles. The van der Waals surface area contributed by atoms with Crippen LogP contribution >= 0.6 is 11.6 Å². The first kappa shape index (κ1) is 21.3. The van der Waals surface area contributed by atoms with Gasteiger partial charge in [0, 0.05) is 18.1 Å². The Labute approximate surface area is 179 Å². The van der Waals surface area contributed by atoms with Crippen LogP contribution in [0.15, 0.2) is 58.5 Å². The van der Waals surface area contributed by atoms with Crippen LogP contribution in [-0.4, -0.2) is 42.3 Å². The van der Waals surface area contributed by atoms with E-state index in [0.29, 0.717) is 11.6 Å². The van der Waals surface area contributed by atoms with Crippen LogP contribution in [0.5, 0.6) is 5.75 Å². The number of methoxy groups -OCH3 is 1. The van der Waals surface area contributed by atoms with Crippen LogP contribution in [0.3, 0.4) is 0 Å². The highest BCUT2D eigenvalue weighted by Crippen LogP contribution is 2.20. The van der Waals surface area contributed by atoms with Crippen molar-refractivity contribution in [1.82, 2.24) is 10.2 Å². The van der Waals surface area contributed by atoms with Gasteiger partial charge >= 0.3 is 6.03 Å². The van der Waals surface area contributed by atoms with Crippen LogP contribution in [-0.2, 0) is 13.1 Å². The number of amides is 2. The molecule has 0 aliphatic carbocycles. The van der Waals surface area contributed by atoms with Crippen LogP contribution in [0.2, 0.25) is 5.02 Å². The second kappa shape index (κ2) is 9.87. The summed E-state index contributed by atoms with van der Waals surface area (Å²) >= 11 is 6.20. The summed E-state index contributed by atoms with van der Waals surface area (Å²) in [6.07, 6.45) is 0.926. The lowest BCUT2D eigenvalue weighted by Gasteiger charge is -2.24. The zero-order valence-corrected chi connectivity index (χ0v) is 17.1. The van der Waals surface area contributed by atoms with E-state index in [9.17, 15) is 10.1 Å². The minimum absolute atomic E-state index is 0.0485. The second-order valence-electron chi connectivity index (χ2n) is 6.58. The number of hydrogen-bond acceptors (Lipinski definition) is 6. The number of benzene rings is 2. The van der Waals surface area contributed by atoms with Gasteiger partial charge in [0.25, 0.3) is 0 Å². The first-order valence-electron chi connectivity index (χ1n) is 9.19. The molecule has 1 aliphatic heterocycles. The molecule has 2 amide bonds. The SMILES string of the molecule is COc1ccc(CNC(=O)N=C(C#N)C2N=CN(Cc3ccccc3Cl)C2N)cc1. The summed E-state index contributed by atoms with van der Waals surface area (Å²) in [5, 5.41) is 12.7. The normalized spacial score (nSPS) is 18.2. The third-order valence-electron chi connectivity index (χ3n) is 4.61. The predicted octanol–water partition coefficient (Wildman–Crippen LogP) is 2.72. The smallest absolute Gasteiger partial charge is 0.342 e. The molecule has 2 atom stereocenters. The van der Waals surface area contributed by atoms with Crippen molar-refractivity contribution < 1.29 is 9.53 Å². The summed E-state index contributed by atoms with van der Waals surface area (Å²) in [7, 11) is 1.58. The van der Waals surface area contributed by atoms with E-state index in [2.05, 4.69) is 15.3 Å². The molecule has 9 heteroatoms. The topological polar surface area (TPSA) is 116 Å². The third-order valence-corrected chi connectivity index (χ3v) is 4.98. The van der Waals surface area contributed by atoms with Gasteiger partial charge in [-0.1, -0.05) is 41.9 Å². The number of rotatable bonds is 6. The monoisotopic (exact) mass is 424 g/mol. The average Bonchev–Trinajstić information content (AvgIpc) is 3.12. The van der Waals surface area contributed by atoms with E-state index in [-0.39, 0.29) is 12.3 Å². The first-order chi connectivity index (χ1) is 14.5. The van der Waals surface area contributed by atoms with Crippen LogP contribution in [0.1, 0.15) is 11.1 Å². The van der Waals surface area contributed by atoms with Crippen molar-refractivity contribution in [3.8, 4) is 11.8 Å². The number of urea groups is 1. The molecule has 2 aromatic rings. The lowest BCUT2D eigenvalue weighted by molar-refractivity contribution is 0.248. The molecule has 3 N–H and O–H groups in total. The van der Waals surface area contributed by atoms with Crippen molar-refractivity contribution in [2.45, 2.75) is 25.3 Å². The summed E-state index contributed by atoms with van der Waals surface area (Å²) in [6.45, 7) is 0.701. The van der Waals surface area contributed by atoms with Crippen molar-refractivity contribution in [3.63, 3.8) is 0 Å². The van der Waals surface area contributed by atoms with E-state index < -0.39 is 18.2 Å². The molecule has 30 heavy (non-hydrogen) atoms. The number of halogens is 1. The average molecular weight is 425 g/mol. The molecule has 0 spiro atoms. The minimum atomic E-state index is -0.732. The molecular formula is C21H21ClN6O2. The van der Waals surface area contributed by atoms with Crippen molar-refractivity contribution in [2.24, 2.45) is 15.7 Å². The van der Waals surface area contributed by atoms with Gasteiger partial charge in [-0.2, -0.15) is 10.3 Å². The molecule has 154 valence electrons. The number of aliphatic imine (C=N–C) groups is 2. The maximum Gasteiger partial charge on any atom is 0.342 e. The highest BCUT2D eigenvalue weighted by molar-refractivity contribution is 6.31. The van der Waals surface area contributed by atoms with Crippen LogP contribution in [0.25, 0.3) is 0 Å². The fourth-order valence-electron chi connectivity index (χ4n) is 2.93. The number of nitrogens with zero attached hydrogens (tertiary/aromatic N) is 4. The number of ether oxygens (including phenoxy) is 1. The first-order valence-corrected chi connectivity index (χ1v) is 9.57. The van der Waals surface area contributed by atoms with Gasteiger partial charge in [-0.05, 0) is 29.3 Å². The zero-order valence-electron chi connectivity index (χ0n) is 16.3. The molecule has 3 rings (SSSR count). The molecule has 2 unspecified atom stereocenters. The van der Waals surface area contributed by atoms with Gasteiger partial charge in [-0.15, -0.1) is 0 Å². The Morgan fingerprint density at radius 1 is 1.33 bits per heavy atom. The lowest BCUT2D eigenvalue weighted by Crippen LogP contribution is -2.46. The van der Waals surface area contributed by atoms with Crippen molar-refractivity contribution in [2.75, 3.05) is 7.11 Å². The molecule has 0 fully saturated rings. The van der Waals surface area contributed by atoms with Gasteiger partial charge < -0.3 is 20.7 Å². The Morgan fingerprint density at radius 3 is 2.73 bits per heavy atom. The van der Waals surface area contributed by atoms with Crippen molar-refractivity contribution >= 4 is 29.7 Å². The van der Waals surface area contributed by atoms with E-state index in [4.69, 9.17) is 22.1 Å². The Balaban J connectivity index is 1.61. The van der Waals surface area contributed by atoms with Gasteiger partial charge in [-0.3, -0.25) is 4.99 Å². The number of nitriles is 1. The Morgan fingerprint density at radius 2 is 2.07 bits per heavy atom. The summed E-state index contributed by atoms with van der Waals surface area (Å²) < 4.78 is 5.10. The molecule has 0 radical (unpaired) electrons. The fourth-order valence-corrected chi connectivity index (χ4v) is 3.13. The molecule has 0 bridgehead atoms. The van der Waals surface area contributed by atoms with Gasteiger partial charge in [0.1, 0.15) is 24.0 Å². The van der Waals surface area contributed by atoms with Crippen molar-refractivity contribution in [1.29, 1.82) is 5.26 Å². The highest BCUT2D eigenvalue weighted by Gasteiger charge is 2.32. The third kappa shape index (κ3) is 5.14. The van der Waals surface area contributed by atoms with Gasteiger partial charge in [-0.25, -0.2) is 4.79 Å². The van der Waals surface area contributed by atoms with E-state index in [1.54, 1.807) is 36.5 Å². The lowest BCUT2D eigenvalue weighted by atomic mass is 10.1. The summed E-state index contributed by atoms with van der Waals surface area (Å²) in [5.41, 5.74) is 7.96. The van der Waals surface area contributed by atoms with Gasteiger partial charge in [0.05, 0.1) is 13.4 Å². The summed E-state index contributed by atoms with van der Waals surface area (Å²) in [4.78, 5) is 22.1. The van der Waals surface area contributed by atoms with Crippen molar-refractivity contribution in [3.05, 3.63) is 64.7 Å². The number of carbonyl (C=O) groups excluding carboxylic acids is 1. The van der Waals surface area contributed by atoms with Crippen LogP contribution < -0.4 is 15.8 Å². The van der Waals surface area contributed by atoms with Crippen LogP contribution in [0.4, 0.5) is 4.79 Å². The van der Waals surface area contributed by atoms with Gasteiger partial charge in [0.15, 0.2) is 5.71 Å². The number of nitrogens with two attached hydrogens (primary N) is 1. The molecule has 1 aliphatic rings. The Kier molecular flexibility index (Phi) is 7.01. The molecule has 8 nitrogen and oxygen atoms in total. The number of carbonyl (C=O) groups is 1. The van der Waals surface area contributed by atoms with E-state index in [1.807, 2.05) is 36.4 Å². The molecule has 0 saturated carbocycles.